The van der Waals surface area contributed by atoms with Gasteiger partial charge in [-0.1, -0.05) is 38.1 Å². The molecule has 0 N–H and O–H groups in total. The highest BCUT2D eigenvalue weighted by molar-refractivity contribution is 7.80. The molecule has 0 bridgehead atoms. The Bertz CT molecular complexity index is 246. The maximum absolute atomic E-state index is 4.39. The van der Waals surface area contributed by atoms with Gasteiger partial charge in [0.2, 0.25) is 0 Å². The highest BCUT2D eigenvalue weighted by atomic mass is 32.1. The van der Waals surface area contributed by atoms with E-state index >= 15 is 0 Å². The van der Waals surface area contributed by atoms with Gasteiger partial charge in [0.15, 0.2) is 0 Å². The van der Waals surface area contributed by atoms with E-state index in [0.717, 1.165) is 5.92 Å². The van der Waals surface area contributed by atoms with Crippen LogP contribution in [0.2, 0.25) is 0 Å². The van der Waals surface area contributed by atoms with Gasteiger partial charge in [-0.25, -0.2) is 0 Å². The van der Waals surface area contributed by atoms with E-state index in [9.17, 15) is 0 Å². The number of thiol groups is 1. The summed E-state index contributed by atoms with van der Waals surface area (Å²) < 4.78 is 0. The van der Waals surface area contributed by atoms with Gasteiger partial charge in [-0.15, -0.1) is 0 Å². The minimum absolute atomic E-state index is 0.341. The van der Waals surface area contributed by atoms with Gasteiger partial charge in [0.05, 0.1) is 0 Å². The summed E-state index contributed by atoms with van der Waals surface area (Å²) in [5.74, 6) is 0.735. The van der Waals surface area contributed by atoms with Crippen molar-refractivity contribution < 1.29 is 0 Å². The Balaban J connectivity index is 2.70. The molecule has 1 aromatic rings. The first-order valence-corrected chi connectivity index (χ1v) is 5.38. The van der Waals surface area contributed by atoms with Crippen molar-refractivity contribution in [3.8, 4) is 0 Å². The zero-order chi connectivity index (χ0) is 9.84. The van der Waals surface area contributed by atoms with Crippen molar-refractivity contribution in [3.63, 3.8) is 0 Å². The van der Waals surface area contributed by atoms with Gasteiger partial charge >= 0.3 is 0 Å². The van der Waals surface area contributed by atoms with Crippen molar-refractivity contribution >= 4 is 12.6 Å². The number of rotatable bonds is 3. The second kappa shape index (κ2) is 4.71. The normalized spacial score (nSPS) is 13.3. The van der Waals surface area contributed by atoms with Gasteiger partial charge in [-0.2, -0.15) is 12.6 Å². The smallest absolute Gasteiger partial charge is 0.0238 e. The lowest BCUT2D eigenvalue weighted by molar-refractivity contribution is 0.647. The Morgan fingerprint density at radius 2 is 1.62 bits per heavy atom. The summed E-state index contributed by atoms with van der Waals surface area (Å²) in [5, 5.41) is 0.341. The summed E-state index contributed by atoms with van der Waals surface area (Å²) >= 11 is 4.39. The van der Waals surface area contributed by atoms with Crippen molar-refractivity contribution in [2.45, 2.75) is 32.4 Å². The maximum atomic E-state index is 4.39. The van der Waals surface area contributed by atoms with Crippen molar-refractivity contribution in [1.29, 1.82) is 0 Å². The van der Waals surface area contributed by atoms with Crippen LogP contribution >= 0.6 is 12.6 Å². The molecule has 0 spiro atoms. The van der Waals surface area contributed by atoms with Crippen molar-refractivity contribution in [2.75, 3.05) is 0 Å². The summed E-state index contributed by atoms with van der Waals surface area (Å²) in [4.78, 5) is 0. The van der Waals surface area contributed by atoms with Crippen LogP contribution in [0.3, 0.4) is 0 Å². The maximum Gasteiger partial charge on any atom is 0.0238 e. The third-order valence-electron chi connectivity index (χ3n) is 2.11. The molecular weight excluding hydrogens is 176 g/mol. The number of hydrogen-bond acceptors (Lipinski definition) is 1. The van der Waals surface area contributed by atoms with Crippen LogP contribution in [0.15, 0.2) is 24.3 Å². The fourth-order valence-electron chi connectivity index (χ4n) is 1.40. The minimum atomic E-state index is 0.341. The van der Waals surface area contributed by atoms with Crippen LogP contribution in [0.5, 0.6) is 0 Å². The summed E-state index contributed by atoms with van der Waals surface area (Å²) in [5.41, 5.74) is 2.73. The fourth-order valence-corrected chi connectivity index (χ4v) is 1.58. The Morgan fingerprint density at radius 3 is 2.00 bits per heavy atom. The van der Waals surface area contributed by atoms with Gasteiger partial charge in [-0.3, -0.25) is 0 Å². The average molecular weight is 194 g/mol. The zero-order valence-corrected chi connectivity index (χ0v) is 9.51. The van der Waals surface area contributed by atoms with E-state index < -0.39 is 0 Å². The summed E-state index contributed by atoms with van der Waals surface area (Å²) in [6.45, 7) is 6.59. The third-order valence-corrected chi connectivity index (χ3v) is 2.40. The summed E-state index contributed by atoms with van der Waals surface area (Å²) in [6, 6.07) is 8.77. The monoisotopic (exact) mass is 194 g/mol. The minimum Gasteiger partial charge on any atom is -0.171 e. The van der Waals surface area contributed by atoms with Gasteiger partial charge < -0.3 is 0 Å². The average Bonchev–Trinajstić information content (AvgIpc) is 2.04. The van der Waals surface area contributed by atoms with Crippen LogP contribution in [-0.2, 0) is 6.42 Å². The van der Waals surface area contributed by atoms with Crippen LogP contribution in [0.1, 0.15) is 37.1 Å². The molecule has 1 atom stereocenters. The lowest BCUT2D eigenvalue weighted by Crippen LogP contribution is -1.94. The molecule has 0 saturated carbocycles. The fraction of sp³-hybridized carbons (Fsp3) is 0.500. The molecule has 13 heavy (non-hydrogen) atoms. The molecule has 1 rings (SSSR count). The topological polar surface area (TPSA) is 0 Å². The summed E-state index contributed by atoms with van der Waals surface area (Å²) in [6.07, 6.45) is 1.17. The molecule has 1 heteroatoms. The van der Waals surface area contributed by atoms with Crippen molar-refractivity contribution in [3.05, 3.63) is 35.4 Å². The Kier molecular flexibility index (Phi) is 3.86. The second-order valence-electron chi connectivity index (χ2n) is 4.02. The van der Waals surface area contributed by atoms with Crippen LogP contribution in [0.4, 0.5) is 0 Å². The lowest BCUT2D eigenvalue weighted by atomic mass is 10.0. The zero-order valence-electron chi connectivity index (χ0n) is 8.62. The van der Waals surface area contributed by atoms with E-state index in [1.807, 2.05) is 0 Å². The number of benzene rings is 1. The second-order valence-corrected chi connectivity index (χ2v) is 4.79. The van der Waals surface area contributed by atoms with E-state index in [1.165, 1.54) is 17.5 Å². The van der Waals surface area contributed by atoms with E-state index in [2.05, 4.69) is 57.7 Å². The highest BCUT2D eigenvalue weighted by Gasteiger charge is 2.00. The Hall–Kier alpha value is -0.430. The molecule has 0 radical (unpaired) electrons. The molecule has 72 valence electrons. The third kappa shape index (κ3) is 3.43. The molecule has 0 aliphatic heterocycles. The van der Waals surface area contributed by atoms with Crippen LogP contribution in [0, 0.1) is 5.92 Å². The predicted octanol–water partition coefficient (Wildman–Crippen LogP) is 3.88. The SMILES string of the molecule is CC(C)Cc1ccc([C@@H](C)S)cc1. The molecule has 0 saturated heterocycles. The van der Waals surface area contributed by atoms with Crippen molar-refractivity contribution in [1.82, 2.24) is 0 Å². The molecule has 0 aliphatic carbocycles. The first kappa shape index (κ1) is 10.6. The standard InChI is InChI=1S/C12H18S/c1-9(2)8-11-4-6-12(7-5-11)10(3)13/h4-7,9-10,13H,8H2,1-3H3/t10-/m1/s1. The van der Waals surface area contributed by atoms with E-state index in [4.69, 9.17) is 0 Å². The van der Waals surface area contributed by atoms with Crippen LogP contribution in [0.25, 0.3) is 0 Å². The lowest BCUT2D eigenvalue weighted by Gasteiger charge is -2.07. The van der Waals surface area contributed by atoms with Gasteiger partial charge in [0.25, 0.3) is 0 Å². The molecule has 0 fully saturated rings. The van der Waals surface area contributed by atoms with E-state index in [-0.39, 0.29) is 0 Å². The molecular formula is C12H18S. The van der Waals surface area contributed by atoms with Gasteiger partial charge in [0.1, 0.15) is 0 Å². The molecule has 0 aromatic heterocycles. The summed E-state index contributed by atoms with van der Waals surface area (Å²) in [7, 11) is 0. The molecule has 0 nitrogen and oxygen atoms in total. The highest BCUT2D eigenvalue weighted by Crippen LogP contribution is 2.19. The Labute approximate surface area is 86.8 Å². The Morgan fingerprint density at radius 1 is 1.08 bits per heavy atom. The predicted molar refractivity (Wildman–Crippen MR) is 62.4 cm³/mol. The van der Waals surface area contributed by atoms with Crippen molar-refractivity contribution in [2.24, 2.45) is 5.92 Å². The quantitative estimate of drug-likeness (QED) is 0.694. The van der Waals surface area contributed by atoms with Crippen LogP contribution < -0.4 is 0 Å². The molecule has 1 aromatic carbocycles. The van der Waals surface area contributed by atoms with Crippen LogP contribution in [-0.4, -0.2) is 0 Å². The molecule has 0 unspecified atom stereocenters. The van der Waals surface area contributed by atoms with E-state index in [0.29, 0.717) is 5.25 Å². The number of hydrogen-bond donors (Lipinski definition) is 1. The van der Waals surface area contributed by atoms with Gasteiger partial charge in [0, 0.05) is 5.25 Å². The molecule has 0 amide bonds. The largest absolute Gasteiger partial charge is 0.171 e. The molecule has 0 heterocycles. The first-order chi connectivity index (χ1) is 6.09. The molecule has 0 aliphatic rings. The first-order valence-electron chi connectivity index (χ1n) is 4.86. The van der Waals surface area contributed by atoms with Gasteiger partial charge in [-0.05, 0) is 30.4 Å². The van der Waals surface area contributed by atoms with E-state index in [1.54, 1.807) is 0 Å².